The van der Waals surface area contributed by atoms with Crippen LogP contribution in [0.15, 0.2) is 24.3 Å². The van der Waals surface area contributed by atoms with Crippen molar-refractivity contribution in [3.8, 4) is 0 Å². The second-order valence-electron chi connectivity index (χ2n) is 5.28. The van der Waals surface area contributed by atoms with Crippen LogP contribution in [0.2, 0.25) is 0 Å². The minimum atomic E-state index is -2.14. The van der Waals surface area contributed by atoms with Gasteiger partial charge in [-0.3, -0.25) is 14.4 Å². The van der Waals surface area contributed by atoms with Crippen molar-refractivity contribution in [3.63, 3.8) is 0 Å². The molecule has 0 aliphatic heterocycles. The van der Waals surface area contributed by atoms with Gasteiger partial charge in [-0.25, -0.2) is 22.0 Å². The first-order valence-corrected chi connectivity index (χ1v) is 9.74. The molecule has 0 aliphatic carbocycles. The van der Waals surface area contributed by atoms with Gasteiger partial charge in [0.15, 0.2) is 23.3 Å². The molecule has 0 aromatic heterocycles. The van der Waals surface area contributed by atoms with Gasteiger partial charge in [-0.1, -0.05) is 7.92 Å². The average molecular weight is 675 g/mol. The van der Waals surface area contributed by atoms with Gasteiger partial charge in [-0.2, -0.15) is 30.3 Å². The molecule has 6 nitrogen and oxygen atoms in total. The van der Waals surface area contributed by atoms with Crippen LogP contribution < -0.4 is 10.6 Å². The summed E-state index contributed by atoms with van der Waals surface area (Å²) in [5.41, 5.74) is 0. The van der Waals surface area contributed by atoms with Gasteiger partial charge in [-0.15, -0.1) is 5.30 Å². The standard InChI is InChI=1S/C13H7F5P.3C2H4O2.2Rh/c1-19(7-5-3-2-4-6-7)13-11(17)9(15)8(14)10(16)12(13)18;3*1-2(3)4;;/h2-5H,1H3;3*1H3,(H,3,4);;/q-1;;;;;. The number of hydrogen-bond donors (Lipinski definition) is 3. The number of carbonyl (C=O) groups is 3. The van der Waals surface area contributed by atoms with Crippen LogP contribution >= 0.6 is 7.92 Å². The van der Waals surface area contributed by atoms with Crippen LogP contribution in [-0.4, -0.2) is 39.9 Å². The zero-order valence-corrected chi connectivity index (χ0v) is 21.6. The van der Waals surface area contributed by atoms with E-state index in [0.29, 0.717) is 5.30 Å². The first kappa shape index (κ1) is 38.4. The Morgan fingerprint density at radius 1 is 0.727 bits per heavy atom. The fourth-order valence-corrected chi connectivity index (χ4v) is 3.20. The molecule has 0 amide bonds. The van der Waals surface area contributed by atoms with E-state index in [0.717, 1.165) is 20.8 Å². The molecule has 1 atom stereocenters. The van der Waals surface area contributed by atoms with Crippen LogP contribution in [0.4, 0.5) is 22.0 Å². The minimum Gasteiger partial charge on any atom is -0.481 e. The molecule has 0 saturated carbocycles. The second kappa shape index (κ2) is 19.6. The largest absolute Gasteiger partial charge is 0.481 e. The maximum atomic E-state index is 13.6. The van der Waals surface area contributed by atoms with E-state index in [1.807, 2.05) is 0 Å². The van der Waals surface area contributed by atoms with Crippen LogP contribution in [0.5, 0.6) is 0 Å². The molecular weight excluding hydrogens is 656 g/mol. The van der Waals surface area contributed by atoms with Crippen molar-refractivity contribution in [2.24, 2.45) is 0 Å². The molecule has 33 heavy (non-hydrogen) atoms. The summed E-state index contributed by atoms with van der Waals surface area (Å²) >= 11 is 0. The SMILES string of the molecule is CC(=O)O.CC(=O)O.CC(=O)O.CP(c1[c-]cccc1)c1c(F)c(F)c(F)c(F)c1F.[Rh].[Rh]. The number of aliphatic carboxylic acids is 3. The molecular formula is C19H19F5O6PRh2-. The van der Waals surface area contributed by atoms with Gasteiger partial charge in [-0.05, 0) is 6.66 Å². The van der Waals surface area contributed by atoms with Crippen LogP contribution in [0, 0.1) is 35.2 Å². The van der Waals surface area contributed by atoms with Crippen molar-refractivity contribution in [3.05, 3.63) is 59.4 Å². The normalized spacial score (nSPS) is 9.48. The fourth-order valence-electron chi connectivity index (χ4n) is 1.60. The predicted molar refractivity (Wildman–Crippen MR) is 104 cm³/mol. The first-order chi connectivity index (χ1) is 14.1. The number of rotatable bonds is 2. The Bertz CT molecular complexity index is 834. The predicted octanol–water partition coefficient (Wildman–Crippen LogP) is 3.51. The van der Waals surface area contributed by atoms with Crippen LogP contribution in [-0.2, 0) is 53.3 Å². The maximum Gasteiger partial charge on any atom is 0.300 e. The molecule has 190 valence electrons. The summed E-state index contributed by atoms with van der Waals surface area (Å²) in [5, 5.41) is 21.9. The van der Waals surface area contributed by atoms with Crippen molar-refractivity contribution in [1.29, 1.82) is 0 Å². The van der Waals surface area contributed by atoms with Crippen molar-refractivity contribution < 1.29 is 90.6 Å². The van der Waals surface area contributed by atoms with E-state index < -0.39 is 60.2 Å². The Morgan fingerprint density at radius 3 is 1.30 bits per heavy atom. The van der Waals surface area contributed by atoms with Crippen molar-refractivity contribution >= 4 is 36.4 Å². The monoisotopic (exact) mass is 675 g/mol. The van der Waals surface area contributed by atoms with Gasteiger partial charge < -0.3 is 15.3 Å². The molecule has 1 unspecified atom stereocenters. The van der Waals surface area contributed by atoms with E-state index >= 15 is 0 Å². The topological polar surface area (TPSA) is 112 Å². The first-order valence-electron chi connectivity index (χ1n) is 7.95. The van der Waals surface area contributed by atoms with E-state index in [-0.39, 0.29) is 39.0 Å². The average Bonchev–Trinajstić information content (AvgIpc) is 2.64. The molecule has 2 aromatic carbocycles. The zero-order valence-electron chi connectivity index (χ0n) is 17.4. The van der Waals surface area contributed by atoms with Gasteiger partial charge in [0.2, 0.25) is 5.82 Å². The molecule has 0 fully saturated rings. The molecule has 14 heteroatoms. The number of hydrogen-bond acceptors (Lipinski definition) is 3. The molecule has 0 heterocycles. The number of halogens is 5. The Hall–Kier alpha value is -1.82. The Balaban J connectivity index is -0.000000252. The number of benzene rings is 2. The third-order valence-corrected chi connectivity index (χ3v) is 4.64. The number of carboxylic acids is 3. The van der Waals surface area contributed by atoms with Crippen molar-refractivity contribution in [2.45, 2.75) is 20.8 Å². The van der Waals surface area contributed by atoms with Crippen LogP contribution in [0.3, 0.4) is 0 Å². The van der Waals surface area contributed by atoms with Gasteiger partial charge in [0.25, 0.3) is 17.9 Å². The zero-order chi connectivity index (χ0) is 24.9. The minimum absolute atomic E-state index is 0. The van der Waals surface area contributed by atoms with Crippen molar-refractivity contribution in [1.82, 2.24) is 0 Å². The van der Waals surface area contributed by atoms with Gasteiger partial charge in [0.05, 0.1) is 5.30 Å². The number of carboxylic acid groups (broad SMARTS) is 3. The van der Waals surface area contributed by atoms with Gasteiger partial charge in [0, 0.05) is 59.7 Å². The maximum absolute atomic E-state index is 13.6. The van der Waals surface area contributed by atoms with Crippen molar-refractivity contribution in [2.75, 3.05) is 6.66 Å². The molecule has 0 saturated heterocycles. The van der Waals surface area contributed by atoms with Crippen LogP contribution in [0.1, 0.15) is 20.8 Å². The van der Waals surface area contributed by atoms with Gasteiger partial charge >= 0.3 is 0 Å². The molecule has 2 aromatic rings. The van der Waals surface area contributed by atoms with Crippen LogP contribution in [0.25, 0.3) is 0 Å². The smallest absolute Gasteiger partial charge is 0.300 e. The Labute approximate surface area is 213 Å². The third kappa shape index (κ3) is 16.4. The summed E-state index contributed by atoms with van der Waals surface area (Å²) in [6.07, 6.45) is 0. The summed E-state index contributed by atoms with van der Waals surface area (Å²) in [6.45, 7) is 4.67. The van der Waals surface area contributed by atoms with E-state index in [1.54, 1.807) is 12.1 Å². The molecule has 2 rings (SSSR count). The summed E-state index contributed by atoms with van der Waals surface area (Å²) in [4.78, 5) is 27.0. The quantitative estimate of drug-likeness (QED) is 0.112. The van der Waals surface area contributed by atoms with E-state index in [9.17, 15) is 22.0 Å². The van der Waals surface area contributed by atoms with E-state index in [4.69, 9.17) is 29.7 Å². The molecule has 0 spiro atoms. The molecule has 0 aliphatic rings. The summed E-state index contributed by atoms with van der Waals surface area (Å²) in [7, 11) is -1.71. The third-order valence-electron chi connectivity index (χ3n) is 2.58. The fraction of sp³-hybridized carbons (Fsp3) is 0.211. The molecule has 3 N–H and O–H groups in total. The second-order valence-corrected chi connectivity index (χ2v) is 7.33. The Kier molecular flexibility index (Phi) is 22.9. The van der Waals surface area contributed by atoms with E-state index in [2.05, 4.69) is 6.07 Å². The van der Waals surface area contributed by atoms with E-state index in [1.165, 1.54) is 18.8 Å². The molecule has 0 bridgehead atoms. The Morgan fingerprint density at radius 2 is 1.03 bits per heavy atom. The summed E-state index contributed by atoms with van der Waals surface area (Å²) < 4.78 is 66.4. The summed E-state index contributed by atoms with van der Waals surface area (Å²) in [5.74, 6) is -12.0. The summed E-state index contributed by atoms with van der Waals surface area (Å²) in [6, 6.07) is 9.03. The molecule has 2 radical (unpaired) electrons. The van der Waals surface area contributed by atoms with Gasteiger partial charge in [0.1, 0.15) is 0 Å².